The summed E-state index contributed by atoms with van der Waals surface area (Å²) in [5.41, 5.74) is 5.30. The van der Waals surface area contributed by atoms with Gasteiger partial charge in [-0.3, -0.25) is 4.98 Å². The molecule has 2 aromatic carbocycles. The minimum Gasteiger partial charge on any atom is -0.374 e. The average molecular weight is 474 g/mol. The molecule has 33 heavy (non-hydrogen) atoms. The van der Waals surface area contributed by atoms with Gasteiger partial charge in [-0.05, 0) is 42.2 Å². The summed E-state index contributed by atoms with van der Waals surface area (Å²) in [6.07, 6.45) is 6.82. The number of fused-ring (bicyclic) bond motifs is 1. The maximum Gasteiger partial charge on any atom is 0.153 e. The Morgan fingerprint density at radius 1 is 1.06 bits per heavy atom. The number of hydrogen-bond acceptors (Lipinski definition) is 5. The topological polar surface area (TPSA) is 90.7 Å². The lowest BCUT2D eigenvalue weighted by Crippen LogP contribution is -2.19. The van der Waals surface area contributed by atoms with Gasteiger partial charge in [0.1, 0.15) is 17.1 Å². The highest BCUT2D eigenvalue weighted by Gasteiger charge is 2.44. The van der Waals surface area contributed by atoms with E-state index in [9.17, 15) is 9.47 Å². The maximum atomic E-state index is 11.6. The molecule has 8 heteroatoms. The van der Waals surface area contributed by atoms with Crippen molar-refractivity contribution < 1.29 is 4.21 Å². The Morgan fingerprint density at radius 3 is 2.55 bits per heavy atom. The van der Waals surface area contributed by atoms with Gasteiger partial charge in [-0.15, -0.1) is 0 Å². The van der Waals surface area contributed by atoms with Crippen LogP contribution in [0.4, 0.5) is 11.4 Å². The van der Waals surface area contributed by atoms with Gasteiger partial charge in [0.15, 0.2) is 5.15 Å². The Kier molecular flexibility index (Phi) is 5.49. The van der Waals surface area contributed by atoms with Crippen LogP contribution in [0.5, 0.6) is 0 Å². The molecule has 0 aliphatic heterocycles. The summed E-state index contributed by atoms with van der Waals surface area (Å²) in [5, 5.41) is 14.6. The molecule has 2 heterocycles. The van der Waals surface area contributed by atoms with E-state index in [1.807, 2.05) is 42.5 Å². The first-order chi connectivity index (χ1) is 16.0. The van der Waals surface area contributed by atoms with Crippen LogP contribution in [0.2, 0.25) is 5.15 Å². The highest BCUT2D eigenvalue weighted by atomic mass is 35.5. The fourth-order valence-corrected chi connectivity index (χ4v) is 4.70. The number of benzene rings is 2. The van der Waals surface area contributed by atoms with Gasteiger partial charge in [-0.1, -0.05) is 48.0 Å². The predicted molar refractivity (Wildman–Crippen MR) is 133 cm³/mol. The van der Waals surface area contributed by atoms with Gasteiger partial charge in [-0.2, -0.15) is 5.26 Å². The number of aromatic nitrogens is 2. The standard InChI is InChI=1S/C25H20ClN5OS/c1-33(32)31-22-12-17(14-29-24(22)26)16-7-8-21-20(11-16)23(18(13-27)15-28-21)30-25(9-10-25)19-5-3-2-4-6-19/h2-8,11-12,14-15,31H,9-10H2,1H3,(H,28,30). The predicted octanol–water partition coefficient (Wildman–Crippen LogP) is 5.63. The van der Waals surface area contributed by atoms with E-state index in [1.54, 1.807) is 12.4 Å². The van der Waals surface area contributed by atoms with Crippen molar-refractivity contribution in [3.63, 3.8) is 0 Å². The molecular weight excluding hydrogens is 454 g/mol. The Labute approximate surface area is 199 Å². The van der Waals surface area contributed by atoms with E-state index in [4.69, 9.17) is 11.6 Å². The van der Waals surface area contributed by atoms with E-state index in [0.717, 1.165) is 40.6 Å². The van der Waals surface area contributed by atoms with Crippen molar-refractivity contribution in [1.82, 2.24) is 9.97 Å². The van der Waals surface area contributed by atoms with Gasteiger partial charge in [0.2, 0.25) is 0 Å². The Balaban J connectivity index is 1.61. The lowest BCUT2D eigenvalue weighted by atomic mass is 10.00. The van der Waals surface area contributed by atoms with Gasteiger partial charge in [0.25, 0.3) is 0 Å². The monoisotopic (exact) mass is 473 g/mol. The van der Waals surface area contributed by atoms with E-state index in [1.165, 1.54) is 11.8 Å². The van der Waals surface area contributed by atoms with Crippen molar-refractivity contribution in [3.05, 3.63) is 83.3 Å². The molecule has 1 fully saturated rings. The smallest absolute Gasteiger partial charge is 0.153 e. The zero-order valence-electron chi connectivity index (χ0n) is 17.8. The molecule has 1 unspecified atom stereocenters. The second kappa shape index (κ2) is 8.47. The zero-order chi connectivity index (χ0) is 23.0. The second-order valence-corrected chi connectivity index (χ2v) is 9.55. The van der Waals surface area contributed by atoms with Crippen LogP contribution in [0, 0.1) is 11.3 Å². The first-order valence-electron chi connectivity index (χ1n) is 10.4. The molecule has 0 amide bonds. The van der Waals surface area contributed by atoms with Crippen molar-refractivity contribution in [3.8, 4) is 17.2 Å². The van der Waals surface area contributed by atoms with Gasteiger partial charge < -0.3 is 10.0 Å². The second-order valence-electron chi connectivity index (χ2n) is 8.08. The third-order valence-corrected chi connectivity index (χ3v) is 6.66. The van der Waals surface area contributed by atoms with Crippen LogP contribution in [0.1, 0.15) is 24.0 Å². The minimum absolute atomic E-state index is 0.179. The summed E-state index contributed by atoms with van der Waals surface area (Å²) < 4.78 is 14.4. The number of anilines is 2. The summed E-state index contributed by atoms with van der Waals surface area (Å²) in [7, 11) is -1.28. The molecule has 5 rings (SSSR count). The number of hydrogen-bond donors (Lipinski definition) is 2. The van der Waals surface area contributed by atoms with Gasteiger partial charge in [-0.25, -0.2) is 9.19 Å². The van der Waals surface area contributed by atoms with E-state index in [2.05, 4.69) is 38.2 Å². The number of nitriles is 1. The van der Waals surface area contributed by atoms with Crippen LogP contribution in [-0.2, 0) is 16.5 Å². The van der Waals surface area contributed by atoms with Crippen LogP contribution >= 0.6 is 11.6 Å². The summed E-state index contributed by atoms with van der Waals surface area (Å²) >= 11 is 6.16. The number of rotatable bonds is 6. The molecule has 0 bridgehead atoms. The Hall–Kier alpha value is -3.47. The van der Waals surface area contributed by atoms with E-state index < -0.39 is 11.0 Å². The Morgan fingerprint density at radius 2 is 1.85 bits per heavy atom. The molecule has 1 atom stereocenters. The summed E-state index contributed by atoms with van der Waals surface area (Å²) in [6.45, 7) is 0. The van der Waals surface area contributed by atoms with Crippen LogP contribution in [0.15, 0.2) is 67.0 Å². The molecule has 2 aromatic heterocycles. The van der Waals surface area contributed by atoms with Crippen LogP contribution in [0.3, 0.4) is 0 Å². The van der Waals surface area contributed by atoms with Crippen LogP contribution < -0.4 is 10.0 Å². The van der Waals surface area contributed by atoms with Crippen molar-refractivity contribution in [2.75, 3.05) is 16.3 Å². The van der Waals surface area contributed by atoms with E-state index in [0.29, 0.717) is 11.3 Å². The molecule has 164 valence electrons. The van der Waals surface area contributed by atoms with Crippen molar-refractivity contribution in [2.24, 2.45) is 0 Å². The van der Waals surface area contributed by atoms with E-state index in [-0.39, 0.29) is 10.7 Å². The van der Waals surface area contributed by atoms with Gasteiger partial charge in [0, 0.05) is 29.6 Å². The zero-order valence-corrected chi connectivity index (χ0v) is 19.4. The number of nitrogens with one attached hydrogen (secondary N) is 2. The molecule has 2 N–H and O–H groups in total. The first-order valence-corrected chi connectivity index (χ1v) is 12.4. The molecule has 1 saturated carbocycles. The first kappa shape index (κ1) is 21.4. The Bertz CT molecular complexity index is 1430. The largest absolute Gasteiger partial charge is 0.374 e. The molecular formula is C25H20ClN5OS. The lowest BCUT2D eigenvalue weighted by Gasteiger charge is -2.22. The quantitative estimate of drug-likeness (QED) is 0.354. The molecule has 1 aliphatic rings. The van der Waals surface area contributed by atoms with Crippen LogP contribution in [-0.4, -0.2) is 20.4 Å². The van der Waals surface area contributed by atoms with Crippen molar-refractivity contribution in [2.45, 2.75) is 18.4 Å². The number of nitrogens with zero attached hydrogens (tertiary/aromatic N) is 3. The molecule has 1 aliphatic carbocycles. The number of halogens is 1. The van der Waals surface area contributed by atoms with Crippen molar-refractivity contribution >= 4 is 44.9 Å². The maximum absolute atomic E-state index is 11.6. The average Bonchev–Trinajstić information content (AvgIpc) is 3.61. The van der Waals surface area contributed by atoms with Crippen molar-refractivity contribution in [1.29, 1.82) is 5.26 Å². The van der Waals surface area contributed by atoms with Crippen LogP contribution in [0.25, 0.3) is 22.0 Å². The highest BCUT2D eigenvalue weighted by Crippen LogP contribution is 2.49. The third-order valence-electron chi connectivity index (χ3n) is 5.86. The van der Waals surface area contributed by atoms with Gasteiger partial charge in [0.05, 0.1) is 28.0 Å². The molecule has 4 aromatic rings. The number of pyridine rings is 2. The fraction of sp³-hybridized carbons (Fsp3) is 0.160. The molecule has 0 saturated heterocycles. The normalized spacial score (nSPS) is 14.9. The molecule has 0 radical (unpaired) electrons. The SMILES string of the molecule is CS(=O)Nc1cc(-c2ccc3ncc(C#N)c(NC4(c5ccccc5)CC4)c3c2)cnc1Cl. The highest BCUT2D eigenvalue weighted by molar-refractivity contribution is 7.85. The third kappa shape index (κ3) is 4.15. The molecule has 0 spiro atoms. The summed E-state index contributed by atoms with van der Waals surface area (Å²) in [6, 6.07) is 20.3. The fourth-order valence-electron chi connectivity index (χ4n) is 4.03. The summed E-state index contributed by atoms with van der Waals surface area (Å²) in [4.78, 5) is 8.73. The minimum atomic E-state index is -1.28. The molecule has 6 nitrogen and oxygen atoms in total. The van der Waals surface area contributed by atoms with E-state index >= 15 is 0 Å². The summed E-state index contributed by atoms with van der Waals surface area (Å²) in [5.74, 6) is 0. The lowest BCUT2D eigenvalue weighted by molar-refractivity contribution is 0.690. The van der Waals surface area contributed by atoms with Gasteiger partial charge >= 0.3 is 0 Å².